The molecule has 0 saturated heterocycles. The normalized spacial score (nSPS) is 13.8. The molecule has 2 unspecified atom stereocenters. The Labute approximate surface area is 266 Å². The Hall–Kier alpha value is -3.64. The third kappa shape index (κ3) is 13.3. The van der Waals surface area contributed by atoms with Crippen LogP contribution in [0.15, 0.2) is 66.9 Å². The van der Waals surface area contributed by atoms with Gasteiger partial charge >= 0.3 is 0 Å². The molecule has 1 amide bonds. The molecule has 3 aromatic rings. The molecule has 44 heavy (non-hydrogen) atoms. The number of nitrogens with one attached hydrogen (secondary N) is 1. The van der Waals surface area contributed by atoms with E-state index in [2.05, 4.69) is 56.2 Å². The number of aryl methyl sites for hydroxylation is 1. The van der Waals surface area contributed by atoms with E-state index in [9.17, 15) is 4.79 Å². The minimum Gasteiger partial charge on any atom is -0.490 e. The molecule has 1 aromatic heterocycles. The molecule has 0 bridgehead atoms. The van der Waals surface area contributed by atoms with Gasteiger partial charge in [-0.1, -0.05) is 77.3 Å². The van der Waals surface area contributed by atoms with Crippen molar-refractivity contribution in [1.29, 1.82) is 0 Å². The Kier molecular flexibility index (Phi) is 16.3. The first kappa shape index (κ1) is 36.6. The van der Waals surface area contributed by atoms with Gasteiger partial charge in [0, 0.05) is 31.4 Å². The van der Waals surface area contributed by atoms with Gasteiger partial charge in [0.15, 0.2) is 0 Å². The van der Waals surface area contributed by atoms with Crippen LogP contribution in [-0.4, -0.2) is 36.8 Å². The highest BCUT2D eigenvalue weighted by molar-refractivity contribution is 6.04. The van der Waals surface area contributed by atoms with Crippen LogP contribution in [-0.2, 0) is 11.2 Å². The van der Waals surface area contributed by atoms with Crippen molar-refractivity contribution >= 4 is 17.3 Å². The van der Waals surface area contributed by atoms with E-state index in [0.29, 0.717) is 29.5 Å². The Balaban J connectivity index is 0.00000102. The number of pyridine rings is 1. The maximum atomic E-state index is 13.2. The van der Waals surface area contributed by atoms with Gasteiger partial charge in [0.2, 0.25) is 0 Å². The second-order valence-electron chi connectivity index (χ2n) is 11.4. The number of ether oxygens (including phenoxy) is 3. The van der Waals surface area contributed by atoms with Crippen molar-refractivity contribution in [2.24, 2.45) is 5.92 Å². The minimum atomic E-state index is -0.287. The highest BCUT2D eigenvalue weighted by Crippen LogP contribution is 2.27. The molecule has 240 valence electrons. The summed E-state index contributed by atoms with van der Waals surface area (Å²) in [5.74, 6) is 2.39. The number of benzene rings is 2. The lowest BCUT2D eigenvalue weighted by Crippen LogP contribution is -2.20. The number of allylic oxidation sites excluding steroid dienone is 2. The first-order chi connectivity index (χ1) is 21.2. The Morgan fingerprint density at radius 3 is 2.18 bits per heavy atom. The second kappa shape index (κ2) is 19.6. The molecule has 1 saturated carbocycles. The average molecular weight is 603 g/mol. The van der Waals surface area contributed by atoms with Crippen LogP contribution >= 0.6 is 0 Å². The predicted molar refractivity (Wildman–Crippen MR) is 184 cm³/mol. The number of aromatic nitrogens is 1. The molecule has 0 aliphatic heterocycles. The van der Waals surface area contributed by atoms with Crippen molar-refractivity contribution in [3.05, 3.63) is 89.1 Å². The van der Waals surface area contributed by atoms with Crippen molar-refractivity contribution in [3.63, 3.8) is 0 Å². The number of hydrogen-bond acceptors (Lipinski definition) is 5. The summed E-state index contributed by atoms with van der Waals surface area (Å²) in [7, 11) is 1.63. The van der Waals surface area contributed by atoms with Crippen LogP contribution in [0.2, 0.25) is 0 Å². The molecule has 1 N–H and O–H groups in total. The molecule has 1 aliphatic carbocycles. The van der Waals surface area contributed by atoms with Crippen LogP contribution in [0.3, 0.4) is 0 Å². The second-order valence-corrected chi connectivity index (χ2v) is 11.4. The van der Waals surface area contributed by atoms with Gasteiger partial charge in [-0.3, -0.25) is 4.79 Å². The van der Waals surface area contributed by atoms with Gasteiger partial charge in [0.05, 0.1) is 12.7 Å². The zero-order valence-corrected chi connectivity index (χ0v) is 28.4. The zero-order valence-electron chi connectivity index (χ0n) is 28.4. The zero-order chi connectivity index (χ0) is 32.5. The van der Waals surface area contributed by atoms with Gasteiger partial charge in [-0.25, -0.2) is 4.98 Å². The summed E-state index contributed by atoms with van der Waals surface area (Å²) >= 11 is 0. The van der Waals surface area contributed by atoms with Crippen molar-refractivity contribution in [1.82, 2.24) is 4.98 Å². The van der Waals surface area contributed by atoms with Crippen LogP contribution in [0.25, 0.3) is 5.57 Å². The maximum Gasteiger partial charge on any atom is 0.257 e. The fourth-order valence-corrected chi connectivity index (χ4v) is 4.30. The number of unbranched alkanes of at least 4 members (excludes halogenated alkanes) is 1. The first-order valence-corrected chi connectivity index (χ1v) is 16.1. The number of carbonyl (C=O) groups is 1. The molecule has 2 aromatic carbocycles. The summed E-state index contributed by atoms with van der Waals surface area (Å²) in [5, 5.41) is 2.90. The standard InChI is InChI=1S/C32H40N2O4.C4H8.C2H6/c1-7-8-11-23(3)27-14-15-31(33-20-27)34-32(35)28-17-29(19-30(18-28)38-25(5)21-36-6)37-24(4)16-26-13-10-9-12-22(26)2;1-4-2-3-4;1-2/h9-15,17-20,24-25H,7-8,16,21H2,1-6H3,(H,33,34,35);4H,2-3H2,1H3;1-2H3/b23-11-;;. The molecular formula is C38H54N2O4. The van der Waals surface area contributed by atoms with Crippen molar-refractivity contribution in [2.75, 3.05) is 19.0 Å². The summed E-state index contributed by atoms with van der Waals surface area (Å²) in [5.41, 5.74) is 5.10. The molecule has 6 nitrogen and oxygen atoms in total. The summed E-state index contributed by atoms with van der Waals surface area (Å²) < 4.78 is 17.5. The minimum absolute atomic E-state index is 0.100. The number of carbonyl (C=O) groups excluding carboxylic acids is 1. The highest BCUT2D eigenvalue weighted by Gasteiger charge is 2.16. The average Bonchev–Trinajstić information content (AvgIpc) is 3.80. The molecule has 4 rings (SSSR count). The number of amides is 1. The van der Waals surface area contributed by atoms with E-state index < -0.39 is 0 Å². The van der Waals surface area contributed by atoms with Crippen LogP contribution in [0.4, 0.5) is 5.82 Å². The number of rotatable bonds is 13. The SMILES string of the molecule is CC.CC1CC1.CCC/C=C(/C)c1ccc(NC(=O)c2cc(OC(C)COC)cc(OC(C)Cc3ccccc3C)c2)nc1. The monoisotopic (exact) mass is 602 g/mol. The van der Waals surface area contributed by atoms with Gasteiger partial charge in [-0.15, -0.1) is 0 Å². The number of hydrogen-bond donors (Lipinski definition) is 1. The lowest BCUT2D eigenvalue weighted by atomic mass is 10.0. The van der Waals surface area contributed by atoms with E-state index >= 15 is 0 Å². The Bertz CT molecular complexity index is 1300. The third-order valence-electron chi connectivity index (χ3n) is 7.05. The van der Waals surface area contributed by atoms with Crippen molar-refractivity contribution in [2.45, 2.75) is 99.7 Å². The Morgan fingerprint density at radius 1 is 1.00 bits per heavy atom. The van der Waals surface area contributed by atoms with Gasteiger partial charge in [0.25, 0.3) is 5.91 Å². The molecule has 6 heteroatoms. The quantitative estimate of drug-likeness (QED) is 0.211. The molecule has 0 spiro atoms. The van der Waals surface area contributed by atoms with Gasteiger partial charge < -0.3 is 19.5 Å². The van der Waals surface area contributed by atoms with Crippen molar-refractivity contribution in [3.8, 4) is 11.5 Å². The largest absolute Gasteiger partial charge is 0.490 e. The summed E-state index contributed by atoms with van der Waals surface area (Å²) in [6.07, 6.45) is 9.55. The summed E-state index contributed by atoms with van der Waals surface area (Å²) in [6.45, 7) is 17.0. The van der Waals surface area contributed by atoms with E-state index in [0.717, 1.165) is 30.7 Å². The molecule has 1 heterocycles. The van der Waals surface area contributed by atoms with Crippen LogP contribution < -0.4 is 14.8 Å². The number of methoxy groups -OCH3 is 1. The summed E-state index contributed by atoms with van der Waals surface area (Å²) in [6, 6.07) is 17.3. The van der Waals surface area contributed by atoms with E-state index in [4.69, 9.17) is 14.2 Å². The van der Waals surface area contributed by atoms with Crippen molar-refractivity contribution < 1.29 is 19.0 Å². The highest BCUT2D eigenvalue weighted by atomic mass is 16.5. The van der Waals surface area contributed by atoms with Crippen LogP contribution in [0.5, 0.6) is 11.5 Å². The predicted octanol–water partition coefficient (Wildman–Crippen LogP) is 9.71. The van der Waals surface area contributed by atoms with E-state index in [1.165, 1.54) is 29.5 Å². The fraction of sp³-hybridized carbons (Fsp3) is 0.474. The number of anilines is 1. The number of nitrogens with zero attached hydrogens (tertiary/aromatic N) is 1. The smallest absolute Gasteiger partial charge is 0.257 e. The lowest BCUT2D eigenvalue weighted by Gasteiger charge is -2.19. The molecule has 2 atom stereocenters. The topological polar surface area (TPSA) is 69.7 Å². The third-order valence-corrected chi connectivity index (χ3v) is 7.05. The Morgan fingerprint density at radius 2 is 1.64 bits per heavy atom. The molecule has 0 radical (unpaired) electrons. The first-order valence-electron chi connectivity index (χ1n) is 16.1. The maximum absolute atomic E-state index is 13.2. The molecular weight excluding hydrogens is 548 g/mol. The van der Waals surface area contributed by atoms with E-state index in [1.807, 2.05) is 58.0 Å². The molecule has 1 fully saturated rings. The van der Waals surface area contributed by atoms with Gasteiger partial charge in [-0.05, 0) is 86.6 Å². The summed E-state index contributed by atoms with van der Waals surface area (Å²) in [4.78, 5) is 17.7. The van der Waals surface area contributed by atoms with Crippen LogP contribution in [0, 0.1) is 12.8 Å². The van der Waals surface area contributed by atoms with Gasteiger partial charge in [-0.2, -0.15) is 0 Å². The van der Waals surface area contributed by atoms with Gasteiger partial charge in [0.1, 0.15) is 23.4 Å². The lowest BCUT2D eigenvalue weighted by molar-refractivity contribution is 0.0913. The van der Waals surface area contributed by atoms with Crippen LogP contribution in [0.1, 0.15) is 101 Å². The van der Waals surface area contributed by atoms with E-state index in [-0.39, 0.29) is 18.1 Å². The fourth-order valence-electron chi connectivity index (χ4n) is 4.30. The molecule has 1 aliphatic rings. The van der Waals surface area contributed by atoms with E-state index in [1.54, 1.807) is 25.4 Å².